The summed E-state index contributed by atoms with van der Waals surface area (Å²) in [7, 11) is 0. The molecule has 1 aromatic heterocycles. The normalized spacial score (nSPS) is 25.4. The van der Waals surface area contributed by atoms with Crippen LogP contribution < -0.4 is 0 Å². The van der Waals surface area contributed by atoms with E-state index >= 15 is 0 Å². The Morgan fingerprint density at radius 3 is 2.76 bits per heavy atom. The minimum absolute atomic E-state index is 0.124. The Kier molecular flexibility index (Phi) is 4.57. The fourth-order valence-corrected chi connectivity index (χ4v) is 5.10. The number of thioether (sulfide) groups is 1. The summed E-state index contributed by atoms with van der Waals surface area (Å²) < 4.78 is 5.23. The highest BCUT2D eigenvalue weighted by atomic mass is 32.2. The van der Waals surface area contributed by atoms with E-state index in [0.717, 1.165) is 29.4 Å². The molecule has 0 saturated heterocycles. The maximum atomic E-state index is 9.41. The topological polar surface area (TPSA) is 49.6 Å². The molecule has 1 aliphatic rings. The van der Waals surface area contributed by atoms with Crippen molar-refractivity contribution in [3.63, 3.8) is 0 Å². The SMILES string of the molecule is Cc1nsc(SC2CC(c3ccccc3)CCC2C#N)n1. The number of aryl methyl sites for hydroxylation is 1. The molecule has 21 heavy (non-hydrogen) atoms. The van der Waals surface area contributed by atoms with Crippen LogP contribution in [0.25, 0.3) is 0 Å². The van der Waals surface area contributed by atoms with Gasteiger partial charge in [-0.05, 0) is 49.2 Å². The first kappa shape index (κ1) is 14.6. The zero-order valence-corrected chi connectivity index (χ0v) is 13.5. The highest BCUT2D eigenvalue weighted by molar-refractivity contribution is 8.01. The summed E-state index contributed by atoms with van der Waals surface area (Å²) in [5.41, 5.74) is 1.40. The van der Waals surface area contributed by atoms with Gasteiger partial charge in [-0.2, -0.15) is 9.64 Å². The fourth-order valence-electron chi connectivity index (χ4n) is 2.89. The Morgan fingerprint density at radius 2 is 2.10 bits per heavy atom. The predicted molar refractivity (Wildman–Crippen MR) is 86.4 cm³/mol. The van der Waals surface area contributed by atoms with Gasteiger partial charge in [0.2, 0.25) is 0 Å². The zero-order valence-electron chi connectivity index (χ0n) is 11.9. The molecule has 5 heteroatoms. The number of aromatic nitrogens is 2. The predicted octanol–water partition coefficient (Wildman–Crippen LogP) is 4.41. The number of hydrogen-bond donors (Lipinski definition) is 0. The molecule has 0 bridgehead atoms. The maximum Gasteiger partial charge on any atom is 0.170 e. The molecular weight excluding hydrogens is 298 g/mol. The van der Waals surface area contributed by atoms with E-state index in [1.54, 1.807) is 11.8 Å². The minimum atomic E-state index is 0.124. The average Bonchev–Trinajstić information content (AvgIpc) is 2.93. The van der Waals surface area contributed by atoms with E-state index in [1.165, 1.54) is 17.1 Å². The zero-order chi connectivity index (χ0) is 14.7. The summed E-state index contributed by atoms with van der Waals surface area (Å²) in [5.74, 6) is 1.51. The lowest BCUT2D eigenvalue weighted by atomic mass is 9.79. The second-order valence-corrected chi connectivity index (χ2v) is 7.66. The Balaban J connectivity index is 1.74. The molecule has 1 aliphatic carbocycles. The number of nitrogens with zero attached hydrogens (tertiary/aromatic N) is 3. The maximum absolute atomic E-state index is 9.41. The third kappa shape index (κ3) is 3.45. The van der Waals surface area contributed by atoms with Gasteiger partial charge >= 0.3 is 0 Å². The van der Waals surface area contributed by atoms with Crippen molar-refractivity contribution in [2.75, 3.05) is 0 Å². The molecule has 1 aromatic carbocycles. The Labute approximate surface area is 133 Å². The summed E-state index contributed by atoms with van der Waals surface area (Å²) in [6, 6.07) is 13.1. The third-order valence-corrected chi connectivity index (χ3v) is 6.22. The summed E-state index contributed by atoms with van der Waals surface area (Å²) in [6.07, 6.45) is 3.13. The van der Waals surface area contributed by atoms with Crippen molar-refractivity contribution in [2.45, 2.75) is 41.7 Å². The molecule has 108 valence electrons. The van der Waals surface area contributed by atoms with Crippen LogP contribution in [0.1, 0.15) is 36.6 Å². The lowest BCUT2D eigenvalue weighted by Crippen LogP contribution is -2.25. The fraction of sp³-hybridized carbons (Fsp3) is 0.438. The Morgan fingerprint density at radius 1 is 1.29 bits per heavy atom. The van der Waals surface area contributed by atoms with Crippen LogP contribution in [0.3, 0.4) is 0 Å². The quantitative estimate of drug-likeness (QED) is 0.841. The molecule has 0 N–H and O–H groups in total. The van der Waals surface area contributed by atoms with E-state index in [4.69, 9.17) is 0 Å². The smallest absolute Gasteiger partial charge is 0.170 e. The molecule has 0 aliphatic heterocycles. The van der Waals surface area contributed by atoms with Gasteiger partial charge in [-0.15, -0.1) is 0 Å². The lowest BCUT2D eigenvalue weighted by Gasteiger charge is -2.32. The molecule has 0 spiro atoms. The van der Waals surface area contributed by atoms with E-state index in [-0.39, 0.29) is 5.92 Å². The van der Waals surface area contributed by atoms with Crippen LogP contribution >= 0.6 is 23.3 Å². The molecule has 1 fully saturated rings. The van der Waals surface area contributed by atoms with Gasteiger partial charge in [0, 0.05) is 5.25 Å². The molecule has 3 nitrogen and oxygen atoms in total. The first-order chi connectivity index (χ1) is 10.3. The largest absolute Gasteiger partial charge is 0.213 e. The number of benzene rings is 1. The van der Waals surface area contributed by atoms with Crippen LogP contribution in [0.15, 0.2) is 34.7 Å². The van der Waals surface area contributed by atoms with Crippen LogP contribution in [-0.2, 0) is 0 Å². The molecule has 3 rings (SSSR count). The van der Waals surface area contributed by atoms with Crippen LogP contribution in [-0.4, -0.2) is 14.6 Å². The van der Waals surface area contributed by atoms with Crippen LogP contribution in [0.4, 0.5) is 0 Å². The standard InChI is InChI=1S/C16H17N3S2/c1-11-18-16(21-19-11)20-15-9-13(7-8-14(15)10-17)12-5-3-2-4-6-12/h2-6,13-15H,7-9H2,1H3. The van der Waals surface area contributed by atoms with Gasteiger partial charge in [-0.25, -0.2) is 4.98 Å². The van der Waals surface area contributed by atoms with E-state index in [2.05, 4.69) is 45.8 Å². The van der Waals surface area contributed by atoms with Crippen LogP contribution in [0.2, 0.25) is 0 Å². The first-order valence-corrected chi connectivity index (χ1v) is 8.83. The average molecular weight is 315 g/mol. The number of nitriles is 1. The Hall–Kier alpha value is -1.38. The lowest BCUT2D eigenvalue weighted by molar-refractivity contribution is 0.393. The highest BCUT2D eigenvalue weighted by Gasteiger charge is 2.32. The van der Waals surface area contributed by atoms with Crippen molar-refractivity contribution < 1.29 is 0 Å². The van der Waals surface area contributed by atoms with Crippen LogP contribution in [0, 0.1) is 24.2 Å². The highest BCUT2D eigenvalue weighted by Crippen LogP contribution is 2.43. The van der Waals surface area contributed by atoms with Gasteiger partial charge in [0.15, 0.2) is 4.34 Å². The second kappa shape index (κ2) is 6.59. The number of rotatable bonds is 3. The monoisotopic (exact) mass is 315 g/mol. The van der Waals surface area contributed by atoms with Gasteiger partial charge < -0.3 is 0 Å². The summed E-state index contributed by atoms with van der Waals surface area (Å²) in [5, 5.41) is 9.73. The second-order valence-electron chi connectivity index (χ2n) is 5.42. The molecule has 0 amide bonds. The summed E-state index contributed by atoms with van der Waals surface area (Å²) in [4.78, 5) is 4.43. The van der Waals surface area contributed by atoms with Crippen molar-refractivity contribution in [3.05, 3.63) is 41.7 Å². The number of hydrogen-bond acceptors (Lipinski definition) is 5. The van der Waals surface area contributed by atoms with Gasteiger partial charge in [0.1, 0.15) is 5.82 Å². The van der Waals surface area contributed by atoms with E-state index in [0.29, 0.717) is 11.2 Å². The molecule has 2 aromatic rings. The molecule has 3 atom stereocenters. The minimum Gasteiger partial charge on any atom is -0.213 e. The van der Waals surface area contributed by atoms with Gasteiger partial charge in [-0.1, -0.05) is 42.1 Å². The van der Waals surface area contributed by atoms with Gasteiger partial charge in [0.05, 0.1) is 12.0 Å². The third-order valence-electron chi connectivity index (χ3n) is 3.99. The van der Waals surface area contributed by atoms with E-state index in [1.807, 2.05) is 6.92 Å². The van der Waals surface area contributed by atoms with Crippen molar-refractivity contribution in [1.82, 2.24) is 9.36 Å². The van der Waals surface area contributed by atoms with Crippen molar-refractivity contribution in [2.24, 2.45) is 5.92 Å². The molecule has 3 unspecified atom stereocenters. The first-order valence-electron chi connectivity index (χ1n) is 7.18. The molecule has 1 saturated carbocycles. The summed E-state index contributed by atoms with van der Waals surface area (Å²) in [6.45, 7) is 1.91. The molecule has 0 radical (unpaired) electrons. The van der Waals surface area contributed by atoms with Gasteiger partial charge in [0.25, 0.3) is 0 Å². The Bertz CT molecular complexity index is 632. The van der Waals surface area contributed by atoms with E-state index in [9.17, 15) is 5.26 Å². The van der Waals surface area contributed by atoms with Crippen molar-refractivity contribution in [1.29, 1.82) is 5.26 Å². The summed E-state index contributed by atoms with van der Waals surface area (Å²) >= 11 is 3.18. The van der Waals surface area contributed by atoms with Crippen molar-refractivity contribution in [3.8, 4) is 6.07 Å². The molecular formula is C16H17N3S2. The van der Waals surface area contributed by atoms with E-state index < -0.39 is 0 Å². The van der Waals surface area contributed by atoms with Crippen molar-refractivity contribution >= 4 is 23.3 Å². The van der Waals surface area contributed by atoms with Crippen LogP contribution in [0.5, 0.6) is 0 Å². The molecule has 1 heterocycles. The van der Waals surface area contributed by atoms with Gasteiger partial charge in [-0.3, -0.25) is 0 Å².